The number of piperidine rings is 1. The molecule has 1 N–H and O–H groups in total. The van der Waals surface area contributed by atoms with Gasteiger partial charge < -0.3 is 9.64 Å². The summed E-state index contributed by atoms with van der Waals surface area (Å²) in [5.74, 6) is 0. The van der Waals surface area contributed by atoms with Crippen LogP contribution in [0.4, 0.5) is 10.5 Å². The van der Waals surface area contributed by atoms with Crippen molar-refractivity contribution in [3.05, 3.63) is 28.8 Å². The number of anilines is 1. The fraction of sp³-hybridized carbons (Fsp3) is 0.588. The summed E-state index contributed by atoms with van der Waals surface area (Å²) >= 11 is 0. The van der Waals surface area contributed by atoms with E-state index in [2.05, 4.69) is 36.3 Å². The molecule has 1 heterocycles. The Kier molecular flexibility index (Phi) is 5.23. The number of carbonyl (C=O) groups is 1. The van der Waals surface area contributed by atoms with Crippen molar-refractivity contribution in [2.24, 2.45) is 0 Å². The van der Waals surface area contributed by atoms with Gasteiger partial charge in [0.25, 0.3) is 0 Å². The Hall–Kier alpha value is -1.55. The van der Waals surface area contributed by atoms with E-state index in [4.69, 9.17) is 4.74 Å². The highest BCUT2D eigenvalue weighted by Gasteiger charge is 2.20. The molecule has 0 saturated carbocycles. The minimum Gasteiger partial charge on any atom is -0.448 e. The summed E-state index contributed by atoms with van der Waals surface area (Å²) < 4.78 is 5.40. The van der Waals surface area contributed by atoms with Crippen LogP contribution in [0.2, 0.25) is 0 Å². The third-order valence-electron chi connectivity index (χ3n) is 4.23. The van der Waals surface area contributed by atoms with Crippen LogP contribution in [0.15, 0.2) is 12.1 Å². The number of hydrogen-bond acceptors (Lipinski definition) is 3. The van der Waals surface area contributed by atoms with Crippen molar-refractivity contribution in [1.29, 1.82) is 0 Å². The number of amides is 1. The van der Waals surface area contributed by atoms with Crippen molar-refractivity contribution in [3.8, 4) is 0 Å². The molecule has 1 aliphatic heterocycles. The molecule has 0 radical (unpaired) electrons. The predicted octanol–water partition coefficient (Wildman–Crippen LogP) is 3.64. The van der Waals surface area contributed by atoms with E-state index in [-0.39, 0.29) is 6.09 Å². The zero-order valence-electron chi connectivity index (χ0n) is 13.5. The van der Waals surface area contributed by atoms with E-state index in [0.29, 0.717) is 12.6 Å². The molecule has 0 spiro atoms. The highest BCUT2D eigenvalue weighted by Crippen LogP contribution is 2.22. The number of hydrogen-bond donors (Lipinski definition) is 1. The second kappa shape index (κ2) is 6.94. The highest BCUT2D eigenvalue weighted by molar-refractivity contribution is 5.86. The number of aryl methyl sites for hydroxylation is 3. The lowest BCUT2D eigenvalue weighted by molar-refractivity contribution is 0.0908. The van der Waals surface area contributed by atoms with Crippen molar-refractivity contribution >= 4 is 11.8 Å². The Morgan fingerprint density at radius 1 is 1.29 bits per heavy atom. The zero-order valence-corrected chi connectivity index (χ0v) is 13.5. The lowest BCUT2D eigenvalue weighted by atomic mass is 10.0. The topological polar surface area (TPSA) is 41.6 Å². The minimum atomic E-state index is -0.357. The summed E-state index contributed by atoms with van der Waals surface area (Å²) in [5, 5.41) is 2.88. The molecule has 0 unspecified atom stereocenters. The molecule has 0 aliphatic carbocycles. The molecule has 4 heteroatoms. The first-order valence-corrected chi connectivity index (χ1v) is 7.69. The number of likely N-dealkylation sites (N-methyl/N-ethyl adjacent to an activating group) is 1. The fourth-order valence-electron chi connectivity index (χ4n) is 3.04. The number of nitrogens with one attached hydrogen (secondary N) is 1. The maximum absolute atomic E-state index is 12.0. The maximum atomic E-state index is 12.0. The van der Waals surface area contributed by atoms with Crippen molar-refractivity contribution in [3.63, 3.8) is 0 Å². The Balaban J connectivity index is 1.90. The van der Waals surface area contributed by atoms with Crippen molar-refractivity contribution in [2.75, 3.05) is 25.5 Å². The summed E-state index contributed by atoms with van der Waals surface area (Å²) in [5.41, 5.74) is 4.20. The summed E-state index contributed by atoms with van der Waals surface area (Å²) in [6, 6.07) is 4.49. The van der Waals surface area contributed by atoms with Crippen LogP contribution in [0.5, 0.6) is 0 Å². The van der Waals surface area contributed by atoms with E-state index in [1.165, 1.54) is 18.4 Å². The smallest absolute Gasteiger partial charge is 0.411 e. The van der Waals surface area contributed by atoms with E-state index < -0.39 is 0 Å². The van der Waals surface area contributed by atoms with Gasteiger partial charge in [-0.3, -0.25) is 5.32 Å². The summed E-state index contributed by atoms with van der Waals surface area (Å²) in [7, 11) is 2.10. The molecule has 0 bridgehead atoms. The molecule has 2 rings (SSSR count). The van der Waals surface area contributed by atoms with E-state index in [1.807, 2.05) is 13.8 Å². The SMILES string of the molecule is Cc1cc(C)c(NC(=O)OC[C@@H]2CCCCN2C)c(C)c1. The Bertz CT molecular complexity index is 491. The van der Waals surface area contributed by atoms with Crippen LogP contribution in [0.25, 0.3) is 0 Å². The van der Waals surface area contributed by atoms with Gasteiger partial charge in [-0.2, -0.15) is 0 Å². The van der Waals surface area contributed by atoms with Gasteiger partial charge in [-0.15, -0.1) is 0 Å². The van der Waals surface area contributed by atoms with Gasteiger partial charge in [-0.1, -0.05) is 24.1 Å². The average molecular weight is 290 g/mol. The first kappa shape index (κ1) is 15.8. The molecule has 1 amide bonds. The Morgan fingerprint density at radius 3 is 2.57 bits per heavy atom. The lowest BCUT2D eigenvalue weighted by Crippen LogP contribution is -2.40. The van der Waals surface area contributed by atoms with Gasteiger partial charge in [0.2, 0.25) is 0 Å². The quantitative estimate of drug-likeness (QED) is 0.924. The average Bonchev–Trinajstić information content (AvgIpc) is 2.42. The van der Waals surface area contributed by atoms with E-state index in [1.54, 1.807) is 0 Å². The molecule has 1 fully saturated rings. The van der Waals surface area contributed by atoms with Crippen LogP contribution in [0, 0.1) is 20.8 Å². The molecule has 1 aromatic rings. The van der Waals surface area contributed by atoms with Crippen molar-refractivity contribution < 1.29 is 9.53 Å². The Morgan fingerprint density at radius 2 is 1.95 bits per heavy atom. The van der Waals surface area contributed by atoms with Crippen LogP contribution in [0.3, 0.4) is 0 Å². The van der Waals surface area contributed by atoms with E-state index in [0.717, 1.165) is 29.8 Å². The highest BCUT2D eigenvalue weighted by atomic mass is 16.5. The molecule has 1 atom stereocenters. The number of likely N-dealkylation sites (tertiary alicyclic amines) is 1. The fourth-order valence-corrected chi connectivity index (χ4v) is 3.04. The molecule has 1 aromatic carbocycles. The molecule has 0 aromatic heterocycles. The van der Waals surface area contributed by atoms with Gasteiger partial charge in [0.1, 0.15) is 6.61 Å². The number of carbonyl (C=O) groups excluding carboxylic acids is 1. The first-order chi connectivity index (χ1) is 9.97. The van der Waals surface area contributed by atoms with Gasteiger partial charge in [0.15, 0.2) is 0 Å². The molecule has 21 heavy (non-hydrogen) atoms. The largest absolute Gasteiger partial charge is 0.448 e. The standard InChI is InChI=1S/C17H26N2O2/c1-12-9-13(2)16(14(3)10-12)18-17(20)21-11-15-7-5-6-8-19(15)4/h9-10,15H,5-8,11H2,1-4H3,(H,18,20)/t15-/m0/s1. The number of rotatable bonds is 3. The predicted molar refractivity (Wildman–Crippen MR) is 85.9 cm³/mol. The van der Waals surface area contributed by atoms with Crippen LogP contribution in [0.1, 0.15) is 36.0 Å². The van der Waals surface area contributed by atoms with Gasteiger partial charge >= 0.3 is 6.09 Å². The van der Waals surface area contributed by atoms with Crippen LogP contribution in [-0.2, 0) is 4.74 Å². The first-order valence-electron chi connectivity index (χ1n) is 7.69. The van der Waals surface area contributed by atoms with Crippen molar-refractivity contribution in [1.82, 2.24) is 4.90 Å². The van der Waals surface area contributed by atoms with Gasteiger partial charge in [0.05, 0.1) is 0 Å². The van der Waals surface area contributed by atoms with E-state index in [9.17, 15) is 4.79 Å². The van der Waals surface area contributed by atoms with Gasteiger partial charge in [0, 0.05) is 11.7 Å². The summed E-state index contributed by atoms with van der Waals surface area (Å²) in [6.07, 6.45) is 3.20. The summed E-state index contributed by atoms with van der Waals surface area (Å²) in [6.45, 7) is 7.62. The maximum Gasteiger partial charge on any atom is 0.411 e. The second-order valence-electron chi connectivity index (χ2n) is 6.13. The number of nitrogens with zero attached hydrogens (tertiary/aromatic N) is 1. The van der Waals surface area contributed by atoms with Crippen LogP contribution >= 0.6 is 0 Å². The van der Waals surface area contributed by atoms with Gasteiger partial charge in [-0.25, -0.2) is 4.79 Å². The number of ether oxygens (including phenoxy) is 1. The van der Waals surface area contributed by atoms with Crippen LogP contribution < -0.4 is 5.32 Å². The van der Waals surface area contributed by atoms with Gasteiger partial charge in [-0.05, 0) is 58.3 Å². The third kappa shape index (κ3) is 4.21. The lowest BCUT2D eigenvalue weighted by Gasteiger charge is -2.31. The Labute approximate surface area is 127 Å². The molecular formula is C17H26N2O2. The number of benzene rings is 1. The van der Waals surface area contributed by atoms with Crippen molar-refractivity contribution in [2.45, 2.75) is 46.1 Å². The van der Waals surface area contributed by atoms with Crippen LogP contribution in [-0.4, -0.2) is 37.2 Å². The zero-order chi connectivity index (χ0) is 15.4. The second-order valence-corrected chi connectivity index (χ2v) is 6.13. The molecule has 1 saturated heterocycles. The van der Waals surface area contributed by atoms with E-state index >= 15 is 0 Å². The molecule has 4 nitrogen and oxygen atoms in total. The molecule has 116 valence electrons. The minimum absolute atomic E-state index is 0.352. The summed E-state index contributed by atoms with van der Waals surface area (Å²) in [4.78, 5) is 14.3. The molecular weight excluding hydrogens is 264 g/mol. The molecule has 1 aliphatic rings. The third-order valence-corrected chi connectivity index (χ3v) is 4.23. The monoisotopic (exact) mass is 290 g/mol. The normalized spacial score (nSPS) is 19.3.